The summed E-state index contributed by atoms with van der Waals surface area (Å²) in [6, 6.07) is 3.98. The first-order valence-electron chi connectivity index (χ1n) is 9.93. The van der Waals surface area contributed by atoms with Crippen molar-refractivity contribution in [1.29, 1.82) is 0 Å². The van der Waals surface area contributed by atoms with E-state index in [1.54, 1.807) is 0 Å². The van der Waals surface area contributed by atoms with Crippen molar-refractivity contribution in [3.63, 3.8) is 0 Å². The second-order valence-corrected chi connectivity index (χ2v) is 5.76. The number of carbonyl (C=O) groups is 3. The van der Waals surface area contributed by atoms with Crippen LogP contribution in [-0.4, -0.2) is 77.4 Å². The Bertz CT molecular complexity index is 672. The fourth-order valence-electron chi connectivity index (χ4n) is 2.27. The first-order valence-corrected chi connectivity index (χ1v) is 9.93. The van der Waals surface area contributed by atoms with Crippen LogP contribution in [0.25, 0.3) is 0 Å². The van der Waals surface area contributed by atoms with E-state index >= 15 is 0 Å². The Morgan fingerprint density at radius 1 is 0.600 bits per heavy atom. The predicted molar refractivity (Wildman–Crippen MR) is 107 cm³/mol. The highest BCUT2D eigenvalue weighted by Crippen LogP contribution is 2.16. The SMILES string of the molecule is CCOCCOC(=O)c1ccc(C(=O)OCCOCC)c(C(=O)OCCOCC)c1. The van der Waals surface area contributed by atoms with E-state index in [-0.39, 0.29) is 56.3 Å². The van der Waals surface area contributed by atoms with E-state index in [0.717, 1.165) is 0 Å². The van der Waals surface area contributed by atoms with Crippen LogP contribution < -0.4 is 0 Å². The van der Waals surface area contributed by atoms with Gasteiger partial charge in [-0.05, 0) is 39.0 Å². The standard InChI is InChI=1S/C21H30O9/c1-4-25-9-12-28-19(22)16-7-8-17(20(23)29-13-10-26-5-2)18(15-16)21(24)30-14-11-27-6-3/h7-8,15H,4-6,9-14H2,1-3H3. The Morgan fingerprint density at radius 3 is 1.50 bits per heavy atom. The molecule has 0 aliphatic rings. The molecule has 0 saturated carbocycles. The molecular formula is C21H30O9. The number of esters is 3. The highest BCUT2D eigenvalue weighted by Gasteiger charge is 2.22. The zero-order valence-electron chi connectivity index (χ0n) is 17.8. The monoisotopic (exact) mass is 426 g/mol. The molecule has 0 unspecified atom stereocenters. The topological polar surface area (TPSA) is 107 Å². The van der Waals surface area contributed by atoms with Gasteiger partial charge in [0.25, 0.3) is 0 Å². The van der Waals surface area contributed by atoms with E-state index in [9.17, 15) is 14.4 Å². The molecular weight excluding hydrogens is 396 g/mol. The van der Waals surface area contributed by atoms with Gasteiger partial charge in [0.15, 0.2) is 0 Å². The minimum atomic E-state index is -0.768. The maximum absolute atomic E-state index is 12.5. The molecule has 1 aromatic rings. The van der Waals surface area contributed by atoms with Crippen LogP contribution in [0.15, 0.2) is 18.2 Å². The van der Waals surface area contributed by atoms with Gasteiger partial charge in [0, 0.05) is 19.8 Å². The number of ether oxygens (including phenoxy) is 6. The molecule has 9 nitrogen and oxygen atoms in total. The summed E-state index contributed by atoms with van der Waals surface area (Å²) in [4.78, 5) is 37.1. The van der Waals surface area contributed by atoms with Crippen LogP contribution >= 0.6 is 0 Å². The van der Waals surface area contributed by atoms with Crippen molar-refractivity contribution in [3.05, 3.63) is 34.9 Å². The summed E-state index contributed by atoms with van der Waals surface area (Å²) in [6.07, 6.45) is 0. The molecule has 1 rings (SSSR count). The second kappa shape index (κ2) is 15.4. The van der Waals surface area contributed by atoms with Crippen LogP contribution in [0, 0.1) is 0 Å². The average molecular weight is 426 g/mol. The fraction of sp³-hybridized carbons (Fsp3) is 0.571. The van der Waals surface area contributed by atoms with Gasteiger partial charge in [0.1, 0.15) is 19.8 Å². The van der Waals surface area contributed by atoms with Gasteiger partial charge in [-0.25, -0.2) is 14.4 Å². The van der Waals surface area contributed by atoms with Gasteiger partial charge in [0.05, 0.1) is 36.5 Å². The van der Waals surface area contributed by atoms with Gasteiger partial charge in [-0.15, -0.1) is 0 Å². The zero-order valence-corrected chi connectivity index (χ0v) is 17.8. The van der Waals surface area contributed by atoms with Crippen LogP contribution in [0.4, 0.5) is 0 Å². The average Bonchev–Trinajstić information content (AvgIpc) is 2.76. The molecule has 0 atom stereocenters. The van der Waals surface area contributed by atoms with Crippen molar-refractivity contribution < 1.29 is 42.8 Å². The fourth-order valence-corrected chi connectivity index (χ4v) is 2.27. The lowest BCUT2D eigenvalue weighted by Crippen LogP contribution is -2.19. The summed E-state index contributed by atoms with van der Waals surface area (Å²) < 4.78 is 30.7. The van der Waals surface area contributed by atoms with E-state index in [1.807, 2.05) is 20.8 Å². The largest absolute Gasteiger partial charge is 0.460 e. The molecule has 9 heteroatoms. The number of benzene rings is 1. The van der Waals surface area contributed by atoms with E-state index in [2.05, 4.69) is 0 Å². The molecule has 1 aromatic carbocycles. The molecule has 30 heavy (non-hydrogen) atoms. The Balaban J connectivity index is 2.92. The van der Waals surface area contributed by atoms with Crippen molar-refractivity contribution in [1.82, 2.24) is 0 Å². The summed E-state index contributed by atoms with van der Waals surface area (Å²) in [5.74, 6) is -2.13. The van der Waals surface area contributed by atoms with Crippen molar-refractivity contribution in [2.45, 2.75) is 20.8 Å². The third-order valence-electron chi connectivity index (χ3n) is 3.69. The third kappa shape index (κ3) is 9.34. The summed E-state index contributed by atoms with van der Waals surface area (Å²) in [6.45, 7) is 7.79. The zero-order chi connectivity index (χ0) is 22.2. The quantitative estimate of drug-likeness (QED) is 0.237. The maximum atomic E-state index is 12.5. The van der Waals surface area contributed by atoms with Crippen molar-refractivity contribution in [3.8, 4) is 0 Å². The first-order chi connectivity index (χ1) is 14.5. The molecule has 0 aromatic heterocycles. The van der Waals surface area contributed by atoms with Crippen molar-refractivity contribution >= 4 is 17.9 Å². The van der Waals surface area contributed by atoms with Crippen LogP contribution in [0.2, 0.25) is 0 Å². The number of hydrogen-bond donors (Lipinski definition) is 0. The Morgan fingerprint density at radius 2 is 1.03 bits per heavy atom. The van der Waals surface area contributed by atoms with Gasteiger partial charge >= 0.3 is 17.9 Å². The lowest BCUT2D eigenvalue weighted by Gasteiger charge is -2.12. The van der Waals surface area contributed by atoms with Gasteiger partial charge in [-0.2, -0.15) is 0 Å². The molecule has 0 fully saturated rings. The molecule has 168 valence electrons. The number of hydrogen-bond acceptors (Lipinski definition) is 9. The number of rotatable bonds is 15. The Labute approximate surface area is 176 Å². The first kappa shape index (κ1) is 25.5. The lowest BCUT2D eigenvalue weighted by atomic mass is 10.0. The molecule has 0 N–H and O–H groups in total. The van der Waals surface area contributed by atoms with Gasteiger partial charge in [-0.1, -0.05) is 0 Å². The highest BCUT2D eigenvalue weighted by atomic mass is 16.6. The van der Waals surface area contributed by atoms with Gasteiger partial charge < -0.3 is 28.4 Å². The Hall–Kier alpha value is -2.49. The number of carbonyl (C=O) groups excluding carboxylic acids is 3. The molecule has 0 aliphatic heterocycles. The molecule has 0 bridgehead atoms. The van der Waals surface area contributed by atoms with E-state index in [1.165, 1.54) is 18.2 Å². The maximum Gasteiger partial charge on any atom is 0.339 e. The molecule has 0 amide bonds. The smallest absolute Gasteiger partial charge is 0.339 e. The summed E-state index contributed by atoms with van der Waals surface area (Å²) in [7, 11) is 0. The third-order valence-corrected chi connectivity index (χ3v) is 3.69. The van der Waals surface area contributed by atoms with E-state index < -0.39 is 17.9 Å². The van der Waals surface area contributed by atoms with Crippen LogP contribution in [0.3, 0.4) is 0 Å². The van der Waals surface area contributed by atoms with E-state index in [0.29, 0.717) is 19.8 Å². The van der Waals surface area contributed by atoms with Crippen LogP contribution in [-0.2, 0) is 28.4 Å². The van der Waals surface area contributed by atoms with Gasteiger partial charge in [-0.3, -0.25) is 0 Å². The van der Waals surface area contributed by atoms with Crippen LogP contribution in [0.5, 0.6) is 0 Å². The predicted octanol–water partition coefficient (Wildman–Crippen LogP) is 2.27. The summed E-state index contributed by atoms with van der Waals surface area (Å²) in [5, 5.41) is 0. The molecule has 0 saturated heterocycles. The molecule has 0 heterocycles. The van der Waals surface area contributed by atoms with Gasteiger partial charge in [0.2, 0.25) is 0 Å². The highest BCUT2D eigenvalue weighted by molar-refractivity contribution is 6.05. The summed E-state index contributed by atoms with van der Waals surface area (Å²) >= 11 is 0. The van der Waals surface area contributed by atoms with E-state index in [4.69, 9.17) is 28.4 Å². The summed E-state index contributed by atoms with van der Waals surface area (Å²) in [5.41, 5.74) is 0.0000595. The molecule has 0 aliphatic carbocycles. The van der Waals surface area contributed by atoms with Crippen molar-refractivity contribution in [2.24, 2.45) is 0 Å². The molecule has 0 spiro atoms. The Kier molecular flexibility index (Phi) is 13.1. The second-order valence-electron chi connectivity index (χ2n) is 5.76. The minimum Gasteiger partial charge on any atom is -0.460 e. The van der Waals surface area contributed by atoms with Crippen molar-refractivity contribution in [2.75, 3.05) is 59.5 Å². The molecule has 0 radical (unpaired) electrons. The lowest BCUT2D eigenvalue weighted by molar-refractivity contribution is 0.0294. The normalized spacial score (nSPS) is 10.5. The minimum absolute atomic E-state index is 0.00846. The van der Waals surface area contributed by atoms with Crippen LogP contribution in [0.1, 0.15) is 51.8 Å².